The standard InChI is InChI=1S/C13H14N2O3/c1-8-6-7-11(18-8)9(2)14-13(17)10-4-3-5-12(16)15-10/h3-7,9H,1-2H3,(H,14,17)(H,15,16). The average Bonchev–Trinajstić information content (AvgIpc) is 2.76. The third kappa shape index (κ3) is 2.68. The second-order valence-electron chi connectivity index (χ2n) is 4.07. The van der Waals surface area contributed by atoms with Crippen LogP contribution in [0.5, 0.6) is 0 Å². The molecule has 0 aliphatic heterocycles. The molecule has 5 nitrogen and oxygen atoms in total. The van der Waals surface area contributed by atoms with Gasteiger partial charge in [0.1, 0.15) is 17.2 Å². The van der Waals surface area contributed by atoms with E-state index in [9.17, 15) is 9.59 Å². The third-order valence-corrected chi connectivity index (χ3v) is 2.55. The topological polar surface area (TPSA) is 75.1 Å². The minimum Gasteiger partial charge on any atom is -0.464 e. The molecule has 0 radical (unpaired) electrons. The number of hydrogen-bond acceptors (Lipinski definition) is 3. The number of pyridine rings is 1. The van der Waals surface area contributed by atoms with Crippen LogP contribution in [0.4, 0.5) is 0 Å². The van der Waals surface area contributed by atoms with Gasteiger partial charge in [-0.25, -0.2) is 0 Å². The smallest absolute Gasteiger partial charge is 0.268 e. The second-order valence-corrected chi connectivity index (χ2v) is 4.07. The number of aromatic amines is 1. The Balaban J connectivity index is 2.10. The maximum atomic E-state index is 11.9. The van der Waals surface area contributed by atoms with Gasteiger partial charge in [0.15, 0.2) is 0 Å². The molecule has 2 rings (SSSR count). The van der Waals surface area contributed by atoms with Crippen molar-refractivity contribution < 1.29 is 9.21 Å². The summed E-state index contributed by atoms with van der Waals surface area (Å²) in [6.45, 7) is 3.66. The zero-order chi connectivity index (χ0) is 13.1. The monoisotopic (exact) mass is 246 g/mol. The van der Waals surface area contributed by atoms with Crippen molar-refractivity contribution in [2.75, 3.05) is 0 Å². The normalized spacial score (nSPS) is 12.1. The first-order chi connectivity index (χ1) is 8.56. The largest absolute Gasteiger partial charge is 0.464 e. The summed E-state index contributed by atoms with van der Waals surface area (Å²) in [4.78, 5) is 25.4. The predicted molar refractivity (Wildman–Crippen MR) is 66.4 cm³/mol. The van der Waals surface area contributed by atoms with Gasteiger partial charge in [-0.2, -0.15) is 0 Å². The Bertz CT molecular complexity index is 612. The van der Waals surface area contributed by atoms with Crippen LogP contribution < -0.4 is 10.9 Å². The number of furan rings is 1. The van der Waals surface area contributed by atoms with Gasteiger partial charge in [-0.3, -0.25) is 9.59 Å². The lowest BCUT2D eigenvalue weighted by Gasteiger charge is -2.11. The van der Waals surface area contributed by atoms with Crippen LogP contribution in [-0.2, 0) is 0 Å². The van der Waals surface area contributed by atoms with Gasteiger partial charge in [-0.15, -0.1) is 0 Å². The maximum Gasteiger partial charge on any atom is 0.268 e. The van der Waals surface area contributed by atoms with Crippen molar-refractivity contribution in [1.82, 2.24) is 10.3 Å². The predicted octanol–water partition coefficient (Wildman–Crippen LogP) is 1.77. The molecular formula is C13H14N2O3. The molecule has 2 aromatic heterocycles. The fraction of sp³-hybridized carbons (Fsp3) is 0.231. The molecule has 2 heterocycles. The van der Waals surface area contributed by atoms with E-state index in [0.717, 1.165) is 5.76 Å². The first-order valence-electron chi connectivity index (χ1n) is 5.63. The van der Waals surface area contributed by atoms with E-state index in [2.05, 4.69) is 10.3 Å². The lowest BCUT2D eigenvalue weighted by molar-refractivity contribution is 0.0930. The molecule has 0 bridgehead atoms. The number of nitrogens with one attached hydrogen (secondary N) is 2. The number of H-pyrrole nitrogens is 1. The van der Waals surface area contributed by atoms with E-state index in [1.54, 1.807) is 6.07 Å². The lowest BCUT2D eigenvalue weighted by atomic mass is 10.2. The molecular weight excluding hydrogens is 232 g/mol. The molecule has 2 N–H and O–H groups in total. The summed E-state index contributed by atoms with van der Waals surface area (Å²) in [6, 6.07) is 7.84. The summed E-state index contributed by atoms with van der Waals surface area (Å²) in [7, 11) is 0. The van der Waals surface area contributed by atoms with E-state index in [4.69, 9.17) is 4.42 Å². The summed E-state index contributed by atoms with van der Waals surface area (Å²) in [6.07, 6.45) is 0. The number of carbonyl (C=O) groups excluding carboxylic acids is 1. The molecule has 1 atom stereocenters. The van der Waals surface area contributed by atoms with Crippen molar-refractivity contribution in [3.05, 3.63) is 57.9 Å². The molecule has 18 heavy (non-hydrogen) atoms. The minimum atomic E-state index is -0.339. The summed E-state index contributed by atoms with van der Waals surface area (Å²) in [5.74, 6) is 1.13. The molecule has 0 saturated heterocycles. The van der Waals surface area contributed by atoms with Crippen LogP contribution in [0.2, 0.25) is 0 Å². The van der Waals surface area contributed by atoms with Crippen molar-refractivity contribution >= 4 is 5.91 Å². The Kier molecular flexibility index (Phi) is 3.32. The molecule has 0 fully saturated rings. The summed E-state index contributed by atoms with van der Waals surface area (Å²) in [5, 5.41) is 2.75. The van der Waals surface area contributed by atoms with Crippen LogP contribution in [-0.4, -0.2) is 10.9 Å². The van der Waals surface area contributed by atoms with Crippen molar-refractivity contribution in [1.29, 1.82) is 0 Å². The molecule has 94 valence electrons. The van der Waals surface area contributed by atoms with Crippen LogP contribution in [0.15, 0.2) is 39.5 Å². The lowest BCUT2D eigenvalue weighted by Crippen LogP contribution is -2.28. The molecule has 0 spiro atoms. The molecule has 5 heteroatoms. The molecule has 1 amide bonds. The van der Waals surface area contributed by atoms with E-state index in [1.807, 2.05) is 26.0 Å². The molecule has 2 aromatic rings. The van der Waals surface area contributed by atoms with Crippen LogP contribution >= 0.6 is 0 Å². The zero-order valence-electron chi connectivity index (χ0n) is 10.2. The Labute approximate surface area is 104 Å². The van der Waals surface area contributed by atoms with E-state index >= 15 is 0 Å². The molecule has 0 aliphatic carbocycles. The fourth-order valence-electron chi connectivity index (χ4n) is 1.61. The van der Waals surface area contributed by atoms with Crippen LogP contribution in [0, 0.1) is 6.92 Å². The molecule has 1 unspecified atom stereocenters. The van der Waals surface area contributed by atoms with Crippen LogP contribution in [0.3, 0.4) is 0 Å². The minimum absolute atomic E-state index is 0.234. The van der Waals surface area contributed by atoms with Gasteiger partial charge in [0.25, 0.3) is 5.91 Å². The highest BCUT2D eigenvalue weighted by Gasteiger charge is 2.14. The van der Waals surface area contributed by atoms with Gasteiger partial charge >= 0.3 is 0 Å². The summed E-state index contributed by atoms with van der Waals surface area (Å²) >= 11 is 0. The van der Waals surface area contributed by atoms with Gasteiger partial charge in [-0.1, -0.05) is 6.07 Å². The van der Waals surface area contributed by atoms with Crippen molar-refractivity contribution in [2.24, 2.45) is 0 Å². The molecule has 0 aromatic carbocycles. The van der Waals surface area contributed by atoms with Gasteiger partial charge in [0.2, 0.25) is 5.56 Å². The highest BCUT2D eigenvalue weighted by atomic mass is 16.3. The number of hydrogen-bond donors (Lipinski definition) is 2. The highest BCUT2D eigenvalue weighted by molar-refractivity contribution is 5.92. The quantitative estimate of drug-likeness (QED) is 0.866. The highest BCUT2D eigenvalue weighted by Crippen LogP contribution is 2.15. The molecule has 0 aliphatic rings. The van der Waals surface area contributed by atoms with Crippen LogP contribution in [0.25, 0.3) is 0 Å². The van der Waals surface area contributed by atoms with E-state index in [1.165, 1.54) is 12.1 Å². The number of amides is 1. The van der Waals surface area contributed by atoms with E-state index in [-0.39, 0.29) is 23.2 Å². The SMILES string of the molecule is Cc1ccc(C(C)NC(=O)c2cccc(=O)[nH]2)o1. The maximum absolute atomic E-state index is 11.9. The second kappa shape index (κ2) is 4.91. The van der Waals surface area contributed by atoms with Crippen LogP contribution in [0.1, 0.15) is 35.0 Å². The fourth-order valence-corrected chi connectivity index (χ4v) is 1.61. The Morgan fingerprint density at radius 1 is 1.33 bits per heavy atom. The van der Waals surface area contributed by atoms with Gasteiger partial charge < -0.3 is 14.7 Å². The van der Waals surface area contributed by atoms with Crippen molar-refractivity contribution in [2.45, 2.75) is 19.9 Å². The first kappa shape index (κ1) is 12.2. The number of rotatable bonds is 3. The van der Waals surface area contributed by atoms with Gasteiger partial charge in [0, 0.05) is 6.07 Å². The number of aryl methyl sites for hydroxylation is 1. The van der Waals surface area contributed by atoms with Crippen molar-refractivity contribution in [3.8, 4) is 0 Å². The van der Waals surface area contributed by atoms with Gasteiger partial charge in [0.05, 0.1) is 6.04 Å². The van der Waals surface area contributed by atoms with E-state index in [0.29, 0.717) is 5.76 Å². The Morgan fingerprint density at radius 3 is 2.72 bits per heavy atom. The number of aromatic nitrogens is 1. The summed E-state index contributed by atoms with van der Waals surface area (Å²) < 4.78 is 5.42. The first-order valence-corrected chi connectivity index (χ1v) is 5.63. The zero-order valence-corrected chi connectivity index (χ0v) is 10.2. The summed E-state index contributed by atoms with van der Waals surface area (Å²) in [5.41, 5.74) is -0.0678. The average molecular weight is 246 g/mol. The number of carbonyl (C=O) groups is 1. The van der Waals surface area contributed by atoms with Crippen molar-refractivity contribution in [3.63, 3.8) is 0 Å². The third-order valence-electron chi connectivity index (χ3n) is 2.55. The Morgan fingerprint density at radius 2 is 2.11 bits per heavy atom. The molecule has 0 saturated carbocycles. The Hall–Kier alpha value is -2.30. The van der Waals surface area contributed by atoms with Gasteiger partial charge in [-0.05, 0) is 32.0 Å². The van der Waals surface area contributed by atoms with E-state index < -0.39 is 0 Å².